The molecule has 0 fully saturated rings. The van der Waals surface area contributed by atoms with Crippen molar-refractivity contribution in [1.29, 1.82) is 0 Å². The molecule has 1 unspecified atom stereocenters. The monoisotopic (exact) mass is 377 g/mol. The van der Waals surface area contributed by atoms with Crippen molar-refractivity contribution < 1.29 is 9.90 Å². The van der Waals surface area contributed by atoms with E-state index in [1.165, 1.54) is 0 Å². The number of anilines is 1. The van der Waals surface area contributed by atoms with Crippen LogP contribution in [-0.4, -0.2) is 26.4 Å². The number of aryl methyl sites for hydroxylation is 1. The first-order valence-electron chi connectivity index (χ1n) is 9.54. The molecule has 0 bridgehead atoms. The van der Waals surface area contributed by atoms with Crippen molar-refractivity contribution >= 4 is 11.7 Å². The van der Waals surface area contributed by atoms with E-state index in [-0.39, 0.29) is 11.9 Å². The van der Waals surface area contributed by atoms with Crippen LogP contribution in [0.15, 0.2) is 66.9 Å². The van der Waals surface area contributed by atoms with Gasteiger partial charge in [0.2, 0.25) is 0 Å². The molecule has 2 N–H and O–H groups in total. The van der Waals surface area contributed by atoms with Crippen LogP contribution in [0.2, 0.25) is 0 Å². The lowest BCUT2D eigenvalue weighted by atomic mass is 9.98. The molecule has 0 radical (unpaired) electrons. The summed E-state index contributed by atoms with van der Waals surface area (Å²) >= 11 is 0. The fourth-order valence-corrected chi connectivity index (χ4v) is 3.06. The summed E-state index contributed by atoms with van der Waals surface area (Å²) in [6.07, 6.45) is 3.14. The SMILES string of the molecule is CC(c1ccccc1)n1nccc1NC(=O)c1ccc(CCC(C)(C)O)cc1. The van der Waals surface area contributed by atoms with Crippen LogP contribution >= 0.6 is 0 Å². The van der Waals surface area contributed by atoms with Gasteiger partial charge < -0.3 is 10.4 Å². The van der Waals surface area contributed by atoms with E-state index in [9.17, 15) is 9.90 Å². The Labute approximate surface area is 166 Å². The molecule has 0 aliphatic carbocycles. The normalized spacial score (nSPS) is 12.6. The van der Waals surface area contributed by atoms with Crippen LogP contribution in [0.5, 0.6) is 0 Å². The molecular weight excluding hydrogens is 350 g/mol. The Morgan fingerprint density at radius 2 is 1.79 bits per heavy atom. The van der Waals surface area contributed by atoms with Gasteiger partial charge in [-0.1, -0.05) is 42.5 Å². The average molecular weight is 377 g/mol. The maximum atomic E-state index is 12.7. The minimum Gasteiger partial charge on any atom is -0.390 e. The van der Waals surface area contributed by atoms with Crippen molar-refractivity contribution in [3.8, 4) is 0 Å². The van der Waals surface area contributed by atoms with E-state index in [2.05, 4.69) is 17.3 Å². The van der Waals surface area contributed by atoms with Gasteiger partial charge in [0.1, 0.15) is 5.82 Å². The zero-order valence-electron chi connectivity index (χ0n) is 16.6. The average Bonchev–Trinajstić information content (AvgIpc) is 3.14. The molecule has 3 rings (SSSR count). The number of nitrogens with one attached hydrogen (secondary N) is 1. The van der Waals surface area contributed by atoms with E-state index >= 15 is 0 Å². The van der Waals surface area contributed by atoms with Crippen molar-refractivity contribution in [2.45, 2.75) is 45.3 Å². The molecule has 2 aromatic carbocycles. The summed E-state index contributed by atoms with van der Waals surface area (Å²) in [6, 6.07) is 19.4. The standard InChI is InChI=1S/C23H27N3O2/c1-17(19-7-5-4-6-8-19)26-21(14-16-24-26)25-22(27)20-11-9-18(10-12-20)13-15-23(2,3)28/h4-12,14,16-17,28H,13,15H2,1-3H3,(H,25,27). The first-order valence-corrected chi connectivity index (χ1v) is 9.54. The molecule has 0 aliphatic rings. The number of benzene rings is 2. The largest absolute Gasteiger partial charge is 0.390 e. The van der Waals surface area contributed by atoms with E-state index in [4.69, 9.17) is 0 Å². The Morgan fingerprint density at radius 3 is 2.43 bits per heavy atom. The first-order chi connectivity index (χ1) is 13.3. The highest BCUT2D eigenvalue weighted by atomic mass is 16.3. The van der Waals surface area contributed by atoms with Crippen LogP contribution in [0.25, 0.3) is 0 Å². The molecule has 0 aliphatic heterocycles. The number of aliphatic hydroxyl groups is 1. The molecule has 146 valence electrons. The van der Waals surface area contributed by atoms with Gasteiger partial charge in [-0.05, 0) is 56.9 Å². The second-order valence-corrected chi connectivity index (χ2v) is 7.71. The van der Waals surface area contributed by atoms with Gasteiger partial charge in [-0.2, -0.15) is 5.10 Å². The highest BCUT2D eigenvalue weighted by molar-refractivity contribution is 6.03. The topological polar surface area (TPSA) is 67.2 Å². The van der Waals surface area contributed by atoms with Crippen LogP contribution in [0.4, 0.5) is 5.82 Å². The summed E-state index contributed by atoms with van der Waals surface area (Å²) in [5.41, 5.74) is 2.12. The number of aromatic nitrogens is 2. The number of hydrogen-bond donors (Lipinski definition) is 2. The van der Waals surface area contributed by atoms with E-state index < -0.39 is 5.60 Å². The van der Waals surface area contributed by atoms with Gasteiger partial charge in [0, 0.05) is 11.6 Å². The van der Waals surface area contributed by atoms with Gasteiger partial charge in [0.25, 0.3) is 5.91 Å². The summed E-state index contributed by atoms with van der Waals surface area (Å²) in [6.45, 7) is 5.65. The number of carbonyl (C=O) groups excluding carboxylic acids is 1. The van der Waals surface area contributed by atoms with E-state index in [1.807, 2.05) is 59.3 Å². The second kappa shape index (κ2) is 8.40. The predicted octanol–water partition coefficient (Wildman–Crippen LogP) is 4.45. The smallest absolute Gasteiger partial charge is 0.256 e. The molecule has 28 heavy (non-hydrogen) atoms. The highest BCUT2D eigenvalue weighted by Crippen LogP contribution is 2.22. The van der Waals surface area contributed by atoms with Crippen LogP contribution in [-0.2, 0) is 6.42 Å². The Hall–Kier alpha value is -2.92. The Balaban J connectivity index is 1.68. The predicted molar refractivity (Wildman–Crippen MR) is 111 cm³/mol. The third kappa shape index (κ3) is 5.08. The fourth-order valence-electron chi connectivity index (χ4n) is 3.06. The van der Waals surface area contributed by atoms with Crippen molar-refractivity contribution in [2.24, 2.45) is 0 Å². The third-order valence-corrected chi connectivity index (χ3v) is 4.80. The van der Waals surface area contributed by atoms with Crippen LogP contribution in [0.3, 0.4) is 0 Å². The molecule has 1 aromatic heterocycles. The van der Waals surface area contributed by atoms with Crippen LogP contribution in [0, 0.1) is 0 Å². The molecule has 3 aromatic rings. The summed E-state index contributed by atoms with van der Waals surface area (Å²) in [7, 11) is 0. The third-order valence-electron chi connectivity index (χ3n) is 4.80. The first kappa shape index (κ1) is 19.8. The van der Waals surface area contributed by atoms with Gasteiger partial charge in [0.15, 0.2) is 0 Å². The summed E-state index contributed by atoms with van der Waals surface area (Å²) in [5.74, 6) is 0.489. The van der Waals surface area contributed by atoms with E-state index in [0.717, 1.165) is 17.5 Å². The fraction of sp³-hybridized carbons (Fsp3) is 0.304. The maximum Gasteiger partial charge on any atom is 0.256 e. The summed E-state index contributed by atoms with van der Waals surface area (Å²) < 4.78 is 1.81. The molecular formula is C23H27N3O2. The molecule has 1 atom stereocenters. The van der Waals surface area contributed by atoms with Crippen LogP contribution in [0.1, 0.15) is 54.7 Å². The highest BCUT2D eigenvalue weighted by Gasteiger charge is 2.16. The number of carbonyl (C=O) groups is 1. The molecule has 1 heterocycles. The number of nitrogens with zero attached hydrogens (tertiary/aromatic N) is 2. The van der Waals surface area contributed by atoms with Crippen LogP contribution < -0.4 is 5.32 Å². The minimum absolute atomic E-state index is 0.00992. The Kier molecular flexibility index (Phi) is 5.95. The quantitative estimate of drug-likeness (QED) is 0.639. The minimum atomic E-state index is -0.691. The second-order valence-electron chi connectivity index (χ2n) is 7.71. The van der Waals surface area contributed by atoms with E-state index in [0.29, 0.717) is 17.8 Å². The maximum absolute atomic E-state index is 12.7. The zero-order chi connectivity index (χ0) is 20.1. The molecule has 0 saturated heterocycles. The van der Waals surface area contributed by atoms with Crippen molar-refractivity contribution in [2.75, 3.05) is 5.32 Å². The lowest BCUT2D eigenvalue weighted by Gasteiger charge is -2.17. The van der Waals surface area contributed by atoms with Gasteiger partial charge in [-0.15, -0.1) is 0 Å². The van der Waals surface area contributed by atoms with Gasteiger partial charge >= 0.3 is 0 Å². The van der Waals surface area contributed by atoms with E-state index in [1.54, 1.807) is 26.1 Å². The Morgan fingerprint density at radius 1 is 1.11 bits per heavy atom. The number of amides is 1. The lowest BCUT2D eigenvalue weighted by molar-refractivity contribution is 0.0714. The number of rotatable bonds is 7. The molecule has 5 nitrogen and oxygen atoms in total. The summed E-state index contributed by atoms with van der Waals surface area (Å²) in [4.78, 5) is 12.7. The van der Waals surface area contributed by atoms with Crippen molar-refractivity contribution in [3.63, 3.8) is 0 Å². The van der Waals surface area contributed by atoms with Gasteiger partial charge in [0.05, 0.1) is 17.8 Å². The van der Waals surface area contributed by atoms with Crippen molar-refractivity contribution in [1.82, 2.24) is 9.78 Å². The number of hydrogen-bond acceptors (Lipinski definition) is 3. The van der Waals surface area contributed by atoms with Gasteiger partial charge in [-0.25, -0.2) is 4.68 Å². The molecule has 0 spiro atoms. The lowest BCUT2D eigenvalue weighted by Crippen LogP contribution is -2.19. The Bertz CT molecular complexity index is 909. The molecule has 0 saturated carbocycles. The van der Waals surface area contributed by atoms with Gasteiger partial charge in [-0.3, -0.25) is 4.79 Å². The molecule has 5 heteroatoms. The summed E-state index contributed by atoms with van der Waals surface area (Å²) in [5, 5.41) is 17.2. The zero-order valence-corrected chi connectivity index (χ0v) is 16.6. The van der Waals surface area contributed by atoms with Crippen molar-refractivity contribution in [3.05, 3.63) is 83.6 Å². The molecule has 1 amide bonds.